The zero-order valence-electron chi connectivity index (χ0n) is 19.9. The van der Waals surface area contributed by atoms with E-state index in [4.69, 9.17) is 23.2 Å². The van der Waals surface area contributed by atoms with Crippen molar-refractivity contribution in [3.05, 3.63) is 81.8 Å². The molecule has 3 aromatic carbocycles. The van der Waals surface area contributed by atoms with E-state index in [9.17, 15) is 31.5 Å². The Kier molecular flexibility index (Phi) is 8.85. The summed E-state index contributed by atoms with van der Waals surface area (Å²) in [5.41, 5.74) is 1.57. The highest BCUT2D eigenvalue weighted by Gasteiger charge is 2.29. The zero-order chi connectivity index (χ0) is 27.5. The summed E-state index contributed by atoms with van der Waals surface area (Å²) >= 11 is 12.9. The van der Waals surface area contributed by atoms with Crippen LogP contribution < -0.4 is 0 Å². The number of sulfone groups is 2. The average Bonchev–Trinajstić information content (AvgIpc) is 2.84. The van der Waals surface area contributed by atoms with Crippen molar-refractivity contribution in [1.29, 1.82) is 0 Å². The summed E-state index contributed by atoms with van der Waals surface area (Å²) in [4.78, 5) is 25.1. The fraction of sp³-hybridized carbons (Fsp3) is 0.231. The molecule has 1 N–H and O–H groups in total. The van der Waals surface area contributed by atoms with E-state index in [1.165, 1.54) is 55.5 Å². The van der Waals surface area contributed by atoms with E-state index in [1.807, 2.05) is 0 Å². The number of rotatable bonds is 10. The van der Waals surface area contributed by atoms with Gasteiger partial charge in [0, 0.05) is 12.0 Å². The first-order valence-electron chi connectivity index (χ1n) is 11.2. The van der Waals surface area contributed by atoms with Gasteiger partial charge in [-0.2, -0.15) is 0 Å². The molecule has 0 radical (unpaired) electrons. The molecule has 37 heavy (non-hydrogen) atoms. The lowest BCUT2D eigenvalue weighted by Crippen LogP contribution is -2.23. The van der Waals surface area contributed by atoms with Crippen molar-refractivity contribution in [2.45, 2.75) is 36.0 Å². The van der Waals surface area contributed by atoms with Gasteiger partial charge in [-0.3, -0.25) is 9.59 Å². The van der Waals surface area contributed by atoms with Crippen LogP contribution in [0.4, 0.5) is 0 Å². The minimum Gasteiger partial charge on any atom is -0.480 e. The molecule has 0 aromatic heterocycles. The summed E-state index contributed by atoms with van der Waals surface area (Å²) in [5.74, 6) is -3.65. The van der Waals surface area contributed by atoms with E-state index in [2.05, 4.69) is 0 Å². The number of hydrogen-bond donors (Lipinski definition) is 1. The van der Waals surface area contributed by atoms with Gasteiger partial charge in [0.15, 0.2) is 25.5 Å². The van der Waals surface area contributed by atoms with Gasteiger partial charge < -0.3 is 5.11 Å². The fourth-order valence-electron chi connectivity index (χ4n) is 3.80. The molecule has 0 bridgehead atoms. The Hall–Kier alpha value is -2.72. The van der Waals surface area contributed by atoms with Crippen molar-refractivity contribution >= 4 is 54.6 Å². The molecule has 1 atom stereocenters. The van der Waals surface area contributed by atoms with Gasteiger partial charge in [-0.05, 0) is 53.1 Å². The number of Topliss-reactive ketones (excluding diaryl/α,β-unsaturated/α-hetero) is 1. The molecule has 0 aliphatic carbocycles. The summed E-state index contributed by atoms with van der Waals surface area (Å²) in [6.07, 6.45) is -0.278. The SMILES string of the molecule is CCS(=O)(=O)c1ccc(-c2c(Cl)cc(CC(=O)C(C(=O)O)c3ccc(S(=O)(=O)CC)cc3)cc2Cl)cc1. The molecule has 196 valence electrons. The number of carbonyl (C=O) groups is 2. The van der Waals surface area contributed by atoms with Crippen molar-refractivity contribution in [3.63, 3.8) is 0 Å². The van der Waals surface area contributed by atoms with E-state index < -0.39 is 37.3 Å². The van der Waals surface area contributed by atoms with Crippen LogP contribution in [0.3, 0.4) is 0 Å². The van der Waals surface area contributed by atoms with Gasteiger partial charge in [-0.25, -0.2) is 16.8 Å². The Balaban J connectivity index is 1.88. The second kappa shape index (κ2) is 11.3. The van der Waals surface area contributed by atoms with Gasteiger partial charge >= 0.3 is 5.97 Å². The maximum atomic E-state index is 13.0. The normalized spacial score (nSPS) is 12.8. The van der Waals surface area contributed by atoms with E-state index in [-0.39, 0.29) is 43.3 Å². The minimum atomic E-state index is -3.47. The maximum absolute atomic E-state index is 13.0. The second-order valence-corrected chi connectivity index (χ2v) is 13.6. The standard InChI is InChI=1S/C26H24Cl2O7S2/c1-3-36(32,33)19-9-5-17(6-10-19)24-21(27)13-16(14-22(24)28)15-23(29)25(26(30)31)18-7-11-20(12-8-18)37(34,35)4-2/h5-14,25H,3-4,15H2,1-2H3,(H,30,31). The van der Waals surface area contributed by atoms with E-state index in [0.29, 0.717) is 16.7 Å². The molecule has 0 aliphatic rings. The molecular formula is C26H24Cl2O7S2. The zero-order valence-corrected chi connectivity index (χ0v) is 23.1. The molecule has 0 amide bonds. The first kappa shape index (κ1) is 28.8. The Morgan fingerprint density at radius 2 is 1.22 bits per heavy atom. The lowest BCUT2D eigenvalue weighted by molar-refractivity contribution is -0.142. The van der Waals surface area contributed by atoms with Crippen LogP contribution in [0.15, 0.2) is 70.5 Å². The predicted molar refractivity (Wildman–Crippen MR) is 143 cm³/mol. The van der Waals surface area contributed by atoms with Gasteiger partial charge in [0.2, 0.25) is 0 Å². The molecule has 1 unspecified atom stereocenters. The number of aliphatic carboxylic acids is 1. The molecular weight excluding hydrogens is 559 g/mol. The topological polar surface area (TPSA) is 123 Å². The highest BCUT2D eigenvalue weighted by Crippen LogP contribution is 2.37. The lowest BCUT2D eigenvalue weighted by Gasteiger charge is -2.14. The number of benzene rings is 3. The van der Waals surface area contributed by atoms with Gasteiger partial charge in [0.25, 0.3) is 0 Å². The Morgan fingerprint density at radius 3 is 1.62 bits per heavy atom. The monoisotopic (exact) mass is 582 g/mol. The summed E-state index contributed by atoms with van der Waals surface area (Å²) in [6, 6.07) is 14.3. The number of carboxylic acid groups (broad SMARTS) is 1. The molecule has 11 heteroatoms. The summed E-state index contributed by atoms with van der Waals surface area (Å²) in [6.45, 7) is 3.05. The third-order valence-electron chi connectivity index (χ3n) is 5.88. The van der Waals surface area contributed by atoms with Gasteiger partial charge in [-0.15, -0.1) is 0 Å². The molecule has 3 aromatic rings. The first-order chi connectivity index (χ1) is 17.3. The van der Waals surface area contributed by atoms with Crippen LogP contribution >= 0.6 is 23.2 Å². The van der Waals surface area contributed by atoms with Crippen LogP contribution in [0, 0.1) is 0 Å². The molecule has 0 aliphatic heterocycles. The predicted octanol–water partition coefficient (Wildman–Crippen LogP) is 5.23. The number of ketones is 1. The smallest absolute Gasteiger partial charge is 0.318 e. The molecule has 0 spiro atoms. The number of hydrogen-bond acceptors (Lipinski definition) is 6. The van der Waals surface area contributed by atoms with Crippen molar-refractivity contribution in [2.75, 3.05) is 11.5 Å². The summed E-state index contributed by atoms with van der Waals surface area (Å²) in [7, 11) is -6.84. The fourth-order valence-corrected chi connectivity index (χ4v) is 6.32. The molecule has 0 saturated carbocycles. The van der Waals surface area contributed by atoms with Crippen molar-refractivity contribution in [3.8, 4) is 11.1 Å². The van der Waals surface area contributed by atoms with Crippen molar-refractivity contribution in [2.24, 2.45) is 0 Å². The lowest BCUT2D eigenvalue weighted by atomic mass is 9.90. The maximum Gasteiger partial charge on any atom is 0.318 e. The third kappa shape index (κ3) is 6.41. The minimum absolute atomic E-state index is 0.0318. The highest BCUT2D eigenvalue weighted by molar-refractivity contribution is 7.91. The quantitative estimate of drug-likeness (QED) is 0.325. The van der Waals surface area contributed by atoms with Crippen LogP contribution in [0.2, 0.25) is 10.0 Å². The molecule has 3 rings (SSSR count). The van der Waals surface area contributed by atoms with Gasteiger partial charge in [-0.1, -0.05) is 61.3 Å². The Labute approximate surface area is 225 Å². The molecule has 0 saturated heterocycles. The third-order valence-corrected chi connectivity index (χ3v) is 9.98. The Bertz CT molecular complexity index is 1520. The second-order valence-electron chi connectivity index (χ2n) is 8.25. The van der Waals surface area contributed by atoms with Crippen LogP contribution in [0.5, 0.6) is 0 Å². The van der Waals surface area contributed by atoms with Crippen LogP contribution in [0.1, 0.15) is 30.9 Å². The largest absolute Gasteiger partial charge is 0.480 e. The van der Waals surface area contributed by atoms with Crippen molar-refractivity contribution in [1.82, 2.24) is 0 Å². The van der Waals surface area contributed by atoms with Gasteiger partial charge in [0.1, 0.15) is 5.92 Å². The number of carboxylic acids is 1. The first-order valence-corrected chi connectivity index (χ1v) is 15.3. The van der Waals surface area contributed by atoms with Crippen molar-refractivity contribution < 1.29 is 31.5 Å². The van der Waals surface area contributed by atoms with Crippen LogP contribution in [0.25, 0.3) is 11.1 Å². The van der Waals surface area contributed by atoms with Crippen LogP contribution in [-0.2, 0) is 35.7 Å². The van der Waals surface area contributed by atoms with E-state index in [0.717, 1.165) is 0 Å². The molecule has 0 heterocycles. The molecule has 0 fully saturated rings. The molecule has 7 nitrogen and oxygen atoms in total. The highest BCUT2D eigenvalue weighted by atomic mass is 35.5. The van der Waals surface area contributed by atoms with E-state index >= 15 is 0 Å². The number of carbonyl (C=O) groups excluding carboxylic acids is 1. The summed E-state index contributed by atoms with van der Waals surface area (Å²) < 4.78 is 48.2. The average molecular weight is 584 g/mol. The summed E-state index contributed by atoms with van der Waals surface area (Å²) in [5, 5.41) is 10.1. The Morgan fingerprint density at radius 1 is 0.784 bits per heavy atom. The van der Waals surface area contributed by atoms with E-state index in [1.54, 1.807) is 19.1 Å². The van der Waals surface area contributed by atoms with Crippen LogP contribution in [-0.4, -0.2) is 45.2 Å². The van der Waals surface area contributed by atoms with Gasteiger partial charge in [0.05, 0.1) is 31.3 Å². The number of halogens is 2.